The summed E-state index contributed by atoms with van der Waals surface area (Å²) in [4.78, 5) is 21.1. The molecule has 0 aromatic heterocycles. The first-order valence-electron chi connectivity index (χ1n) is 6.12. The van der Waals surface area contributed by atoms with E-state index in [0.29, 0.717) is 11.3 Å². The minimum Gasteiger partial charge on any atom is -0.482 e. The fourth-order valence-corrected chi connectivity index (χ4v) is 2.09. The van der Waals surface area contributed by atoms with Gasteiger partial charge in [0.25, 0.3) is 0 Å². The Hall–Kier alpha value is -2.40. The molecule has 0 heterocycles. The highest BCUT2D eigenvalue weighted by molar-refractivity contribution is 6.31. The van der Waals surface area contributed by atoms with Gasteiger partial charge in [0.1, 0.15) is 12.9 Å². The van der Waals surface area contributed by atoms with Crippen LogP contribution in [0.15, 0.2) is 36.4 Å². The lowest BCUT2D eigenvalue weighted by atomic mass is 10.1. The predicted octanol–water partition coefficient (Wildman–Crippen LogP) is 3.95. The summed E-state index contributed by atoms with van der Waals surface area (Å²) in [7, 11) is 0. The number of hydrogen-bond donors (Lipinski definition) is 0. The summed E-state index contributed by atoms with van der Waals surface area (Å²) in [5.41, 5.74) is 1.73. The highest BCUT2D eigenvalue weighted by Crippen LogP contribution is 2.29. The maximum atomic E-state index is 11.0. The number of halogens is 1. The lowest BCUT2D eigenvalue weighted by molar-refractivity contribution is -0.386. The Labute approximate surface area is 126 Å². The van der Waals surface area contributed by atoms with E-state index in [1.165, 1.54) is 18.2 Å². The fraction of sp³-hybridized carbons (Fsp3) is 0.133. The Morgan fingerprint density at radius 1 is 1.29 bits per heavy atom. The van der Waals surface area contributed by atoms with Crippen LogP contribution >= 0.6 is 11.6 Å². The zero-order valence-electron chi connectivity index (χ0n) is 11.2. The van der Waals surface area contributed by atoms with Crippen molar-refractivity contribution >= 4 is 23.6 Å². The minimum atomic E-state index is -0.584. The number of benzene rings is 2. The second-order valence-electron chi connectivity index (χ2n) is 4.49. The number of ether oxygens (including phenoxy) is 1. The van der Waals surface area contributed by atoms with Crippen LogP contribution in [-0.4, -0.2) is 11.2 Å². The molecule has 0 fully saturated rings. The average Bonchev–Trinajstić information content (AvgIpc) is 2.46. The van der Waals surface area contributed by atoms with Crippen molar-refractivity contribution in [2.24, 2.45) is 0 Å². The van der Waals surface area contributed by atoms with Crippen LogP contribution in [0.2, 0.25) is 5.02 Å². The standard InChI is InChI=1S/C15H12ClNO4/c1-10-2-4-12(13(16)6-10)9-21-15-5-3-11(8-18)7-14(15)17(19)20/h2-8H,9H2,1H3. The Balaban J connectivity index is 2.23. The number of nitrogens with zero attached hydrogens (tertiary/aromatic N) is 1. The Morgan fingerprint density at radius 3 is 2.67 bits per heavy atom. The van der Waals surface area contributed by atoms with E-state index in [9.17, 15) is 14.9 Å². The molecule has 0 unspecified atom stereocenters. The topological polar surface area (TPSA) is 69.4 Å². The van der Waals surface area contributed by atoms with Gasteiger partial charge in [0.15, 0.2) is 5.75 Å². The van der Waals surface area contributed by atoms with Crippen LogP contribution in [0, 0.1) is 17.0 Å². The number of nitro benzene ring substituents is 1. The third kappa shape index (κ3) is 3.58. The van der Waals surface area contributed by atoms with E-state index in [0.717, 1.165) is 11.1 Å². The zero-order chi connectivity index (χ0) is 15.4. The number of aryl methyl sites for hydroxylation is 1. The van der Waals surface area contributed by atoms with E-state index < -0.39 is 4.92 Å². The van der Waals surface area contributed by atoms with Crippen molar-refractivity contribution in [3.63, 3.8) is 0 Å². The SMILES string of the molecule is Cc1ccc(COc2ccc(C=O)cc2[N+](=O)[O-])c(Cl)c1. The van der Waals surface area contributed by atoms with Gasteiger partial charge >= 0.3 is 5.69 Å². The first-order chi connectivity index (χ1) is 10.0. The van der Waals surface area contributed by atoms with Crippen LogP contribution in [0.25, 0.3) is 0 Å². The van der Waals surface area contributed by atoms with Gasteiger partial charge in [0, 0.05) is 22.2 Å². The fourth-order valence-electron chi connectivity index (χ4n) is 1.80. The largest absolute Gasteiger partial charge is 0.482 e. The molecular formula is C15H12ClNO4. The molecule has 0 aliphatic heterocycles. The summed E-state index contributed by atoms with van der Waals surface area (Å²) in [5.74, 6) is 0.0993. The molecule has 0 N–H and O–H groups in total. The van der Waals surface area contributed by atoms with E-state index in [1.807, 2.05) is 19.1 Å². The average molecular weight is 306 g/mol. The smallest absolute Gasteiger partial charge is 0.311 e. The highest BCUT2D eigenvalue weighted by atomic mass is 35.5. The molecule has 0 saturated heterocycles. The molecule has 0 atom stereocenters. The number of hydrogen-bond acceptors (Lipinski definition) is 4. The van der Waals surface area contributed by atoms with Gasteiger partial charge in [-0.15, -0.1) is 0 Å². The zero-order valence-corrected chi connectivity index (χ0v) is 12.0. The second kappa shape index (κ2) is 6.37. The van der Waals surface area contributed by atoms with Crippen LogP contribution in [0.5, 0.6) is 5.75 Å². The summed E-state index contributed by atoms with van der Waals surface area (Å²) in [6.07, 6.45) is 0.549. The number of aldehydes is 1. The highest BCUT2D eigenvalue weighted by Gasteiger charge is 2.16. The van der Waals surface area contributed by atoms with Crippen molar-refractivity contribution < 1.29 is 14.5 Å². The Kier molecular flexibility index (Phi) is 4.55. The van der Waals surface area contributed by atoms with Crippen molar-refractivity contribution in [3.8, 4) is 5.75 Å². The van der Waals surface area contributed by atoms with Crippen molar-refractivity contribution in [2.75, 3.05) is 0 Å². The first-order valence-corrected chi connectivity index (χ1v) is 6.50. The van der Waals surface area contributed by atoms with Crippen LogP contribution in [0.4, 0.5) is 5.69 Å². The molecular weight excluding hydrogens is 294 g/mol. The molecule has 5 nitrogen and oxygen atoms in total. The molecule has 0 saturated carbocycles. The molecule has 0 amide bonds. The molecule has 0 aliphatic rings. The molecule has 6 heteroatoms. The van der Waals surface area contributed by atoms with Crippen molar-refractivity contribution in [1.29, 1.82) is 0 Å². The minimum absolute atomic E-state index is 0.0993. The van der Waals surface area contributed by atoms with Crippen molar-refractivity contribution in [2.45, 2.75) is 13.5 Å². The molecule has 0 radical (unpaired) electrons. The van der Waals surface area contributed by atoms with Gasteiger partial charge in [-0.3, -0.25) is 14.9 Å². The van der Waals surface area contributed by atoms with Gasteiger partial charge in [-0.25, -0.2) is 0 Å². The summed E-state index contributed by atoms with van der Waals surface area (Å²) in [6, 6.07) is 9.54. The van der Waals surface area contributed by atoms with Crippen molar-refractivity contribution in [1.82, 2.24) is 0 Å². The quantitative estimate of drug-likeness (QED) is 0.476. The molecule has 0 aliphatic carbocycles. The molecule has 108 valence electrons. The number of rotatable bonds is 5. The van der Waals surface area contributed by atoms with Gasteiger partial charge in [0.05, 0.1) is 4.92 Å². The van der Waals surface area contributed by atoms with E-state index in [-0.39, 0.29) is 23.6 Å². The van der Waals surface area contributed by atoms with Gasteiger partial charge in [-0.1, -0.05) is 23.7 Å². The maximum Gasteiger partial charge on any atom is 0.311 e. The van der Waals surface area contributed by atoms with Crippen LogP contribution in [-0.2, 0) is 6.61 Å². The van der Waals surface area contributed by atoms with Crippen molar-refractivity contribution in [3.05, 3.63) is 68.2 Å². The normalized spacial score (nSPS) is 10.2. The number of carbonyl (C=O) groups excluding carboxylic acids is 1. The second-order valence-corrected chi connectivity index (χ2v) is 4.89. The summed E-state index contributed by atoms with van der Waals surface area (Å²) >= 11 is 6.09. The summed E-state index contributed by atoms with van der Waals surface area (Å²) in [5, 5.41) is 11.5. The predicted molar refractivity (Wildman–Crippen MR) is 79.0 cm³/mol. The van der Waals surface area contributed by atoms with E-state index in [2.05, 4.69) is 0 Å². The van der Waals surface area contributed by atoms with Gasteiger partial charge in [0.2, 0.25) is 0 Å². The van der Waals surface area contributed by atoms with Crippen LogP contribution < -0.4 is 4.74 Å². The van der Waals surface area contributed by atoms with E-state index >= 15 is 0 Å². The van der Waals surface area contributed by atoms with E-state index in [4.69, 9.17) is 16.3 Å². The lowest BCUT2D eigenvalue weighted by Gasteiger charge is -2.09. The first kappa shape index (κ1) is 15.0. The number of carbonyl (C=O) groups is 1. The molecule has 2 rings (SSSR count). The molecule has 0 bridgehead atoms. The Bertz CT molecular complexity index is 700. The lowest BCUT2D eigenvalue weighted by Crippen LogP contribution is -2.00. The number of nitro groups is 1. The molecule has 2 aromatic rings. The van der Waals surface area contributed by atoms with Crippen LogP contribution in [0.1, 0.15) is 21.5 Å². The summed E-state index contributed by atoms with van der Waals surface area (Å²) < 4.78 is 5.46. The third-order valence-electron chi connectivity index (χ3n) is 2.91. The Morgan fingerprint density at radius 2 is 2.05 bits per heavy atom. The van der Waals surface area contributed by atoms with Crippen LogP contribution in [0.3, 0.4) is 0 Å². The summed E-state index contributed by atoms with van der Waals surface area (Å²) in [6.45, 7) is 2.03. The maximum absolute atomic E-state index is 11.0. The molecule has 2 aromatic carbocycles. The molecule has 0 spiro atoms. The third-order valence-corrected chi connectivity index (χ3v) is 3.26. The van der Waals surface area contributed by atoms with Gasteiger partial charge in [-0.05, 0) is 30.7 Å². The van der Waals surface area contributed by atoms with Gasteiger partial charge < -0.3 is 4.74 Å². The van der Waals surface area contributed by atoms with E-state index in [1.54, 1.807) is 6.07 Å². The van der Waals surface area contributed by atoms with Gasteiger partial charge in [-0.2, -0.15) is 0 Å². The molecule has 21 heavy (non-hydrogen) atoms. The monoisotopic (exact) mass is 305 g/mol.